The maximum absolute atomic E-state index is 12.1. The SMILES string of the molecule is CN=C1SC(CC(=O)Nc2ccc(C(C)C)cc2)C(=O)N1C. The fraction of sp³-hybridized carbons (Fsp3) is 0.438. The minimum atomic E-state index is -0.390. The molecule has 118 valence electrons. The monoisotopic (exact) mass is 319 g/mol. The number of rotatable bonds is 4. The Kier molecular flexibility index (Phi) is 5.24. The molecule has 5 nitrogen and oxygen atoms in total. The van der Waals surface area contributed by atoms with E-state index in [-0.39, 0.29) is 18.2 Å². The van der Waals surface area contributed by atoms with E-state index < -0.39 is 5.25 Å². The molecule has 1 atom stereocenters. The smallest absolute Gasteiger partial charge is 0.242 e. The molecule has 0 spiro atoms. The van der Waals surface area contributed by atoms with Gasteiger partial charge >= 0.3 is 0 Å². The van der Waals surface area contributed by atoms with Crippen LogP contribution in [0.25, 0.3) is 0 Å². The Morgan fingerprint density at radius 1 is 1.36 bits per heavy atom. The van der Waals surface area contributed by atoms with Crippen LogP contribution in [0.1, 0.15) is 31.7 Å². The summed E-state index contributed by atoms with van der Waals surface area (Å²) in [7, 11) is 3.32. The maximum Gasteiger partial charge on any atom is 0.242 e. The van der Waals surface area contributed by atoms with Crippen LogP contribution >= 0.6 is 11.8 Å². The third kappa shape index (κ3) is 3.68. The van der Waals surface area contributed by atoms with E-state index >= 15 is 0 Å². The van der Waals surface area contributed by atoms with Crippen molar-refractivity contribution in [2.75, 3.05) is 19.4 Å². The molecule has 1 aliphatic rings. The van der Waals surface area contributed by atoms with Gasteiger partial charge in [0.2, 0.25) is 11.8 Å². The van der Waals surface area contributed by atoms with E-state index in [0.29, 0.717) is 11.1 Å². The predicted octanol–water partition coefficient (Wildman–Crippen LogP) is 2.70. The number of anilines is 1. The minimum Gasteiger partial charge on any atom is -0.326 e. The molecule has 0 saturated carbocycles. The number of thioether (sulfide) groups is 1. The number of carbonyl (C=O) groups excluding carboxylic acids is 2. The van der Waals surface area contributed by atoms with Crippen molar-refractivity contribution in [3.05, 3.63) is 29.8 Å². The molecule has 22 heavy (non-hydrogen) atoms. The average Bonchev–Trinajstić information content (AvgIpc) is 2.75. The first kappa shape index (κ1) is 16.5. The third-order valence-electron chi connectivity index (χ3n) is 3.56. The normalized spacial score (nSPS) is 20.0. The molecule has 0 aromatic heterocycles. The Hall–Kier alpha value is -1.82. The van der Waals surface area contributed by atoms with Crippen molar-refractivity contribution in [3.8, 4) is 0 Å². The molecule has 1 aromatic carbocycles. The second kappa shape index (κ2) is 6.96. The van der Waals surface area contributed by atoms with Gasteiger partial charge in [-0.3, -0.25) is 19.5 Å². The fourth-order valence-electron chi connectivity index (χ4n) is 2.23. The summed E-state index contributed by atoms with van der Waals surface area (Å²) in [5.41, 5.74) is 1.98. The van der Waals surface area contributed by atoms with Gasteiger partial charge in [-0.2, -0.15) is 0 Å². The number of nitrogens with zero attached hydrogens (tertiary/aromatic N) is 2. The highest BCUT2D eigenvalue weighted by atomic mass is 32.2. The van der Waals surface area contributed by atoms with Gasteiger partial charge in [-0.05, 0) is 23.6 Å². The number of hydrogen-bond acceptors (Lipinski definition) is 4. The van der Waals surface area contributed by atoms with Crippen molar-refractivity contribution >= 4 is 34.4 Å². The molecule has 2 amide bonds. The molecule has 1 fully saturated rings. The van der Waals surface area contributed by atoms with Crippen LogP contribution in [0.5, 0.6) is 0 Å². The Morgan fingerprint density at radius 3 is 2.50 bits per heavy atom. The number of carbonyl (C=O) groups is 2. The van der Waals surface area contributed by atoms with Crippen LogP contribution in [-0.4, -0.2) is 41.2 Å². The average molecular weight is 319 g/mol. The summed E-state index contributed by atoms with van der Waals surface area (Å²) < 4.78 is 0. The number of nitrogens with one attached hydrogen (secondary N) is 1. The zero-order valence-corrected chi connectivity index (χ0v) is 14.1. The molecule has 1 aromatic rings. The van der Waals surface area contributed by atoms with Crippen LogP contribution in [0.3, 0.4) is 0 Å². The van der Waals surface area contributed by atoms with Crippen LogP contribution in [0.4, 0.5) is 5.69 Å². The number of amidine groups is 1. The second-order valence-electron chi connectivity index (χ2n) is 5.54. The van der Waals surface area contributed by atoms with Gasteiger partial charge in [-0.25, -0.2) is 0 Å². The van der Waals surface area contributed by atoms with Crippen LogP contribution in [0.15, 0.2) is 29.3 Å². The zero-order chi connectivity index (χ0) is 16.3. The van der Waals surface area contributed by atoms with Gasteiger partial charge in [0.25, 0.3) is 0 Å². The Balaban J connectivity index is 1.95. The van der Waals surface area contributed by atoms with E-state index in [9.17, 15) is 9.59 Å². The Morgan fingerprint density at radius 2 is 2.00 bits per heavy atom. The fourth-order valence-corrected chi connectivity index (χ4v) is 3.33. The van der Waals surface area contributed by atoms with E-state index in [1.807, 2.05) is 24.3 Å². The number of amides is 2. The van der Waals surface area contributed by atoms with Gasteiger partial charge in [0.15, 0.2) is 5.17 Å². The Labute approximate surface area is 135 Å². The molecule has 1 unspecified atom stereocenters. The van der Waals surface area contributed by atoms with Crippen molar-refractivity contribution in [2.24, 2.45) is 4.99 Å². The van der Waals surface area contributed by atoms with E-state index in [4.69, 9.17) is 0 Å². The number of aliphatic imine (C=N–C) groups is 1. The molecule has 1 saturated heterocycles. The largest absolute Gasteiger partial charge is 0.326 e. The van der Waals surface area contributed by atoms with E-state index in [1.54, 1.807) is 14.1 Å². The molecule has 1 heterocycles. The lowest BCUT2D eigenvalue weighted by Gasteiger charge is -2.10. The van der Waals surface area contributed by atoms with Gasteiger partial charge in [-0.1, -0.05) is 37.7 Å². The third-order valence-corrected chi connectivity index (χ3v) is 4.88. The summed E-state index contributed by atoms with van der Waals surface area (Å²) in [5.74, 6) is 0.226. The maximum atomic E-state index is 12.1. The lowest BCUT2D eigenvalue weighted by molar-refractivity contribution is -0.127. The molecule has 0 bridgehead atoms. The predicted molar refractivity (Wildman–Crippen MR) is 91.3 cm³/mol. The summed E-state index contributed by atoms with van der Waals surface area (Å²) in [6.07, 6.45) is 0.152. The lowest BCUT2D eigenvalue weighted by Crippen LogP contribution is -2.30. The molecule has 0 radical (unpaired) electrons. The summed E-state index contributed by atoms with van der Waals surface area (Å²) in [6, 6.07) is 7.79. The first-order chi connectivity index (χ1) is 10.4. The van der Waals surface area contributed by atoms with E-state index in [1.165, 1.54) is 22.2 Å². The standard InChI is InChI=1S/C16H21N3O2S/c1-10(2)11-5-7-12(8-6-11)18-14(20)9-13-15(21)19(4)16(17-3)22-13/h5-8,10,13H,9H2,1-4H3,(H,18,20). The van der Waals surface area contributed by atoms with Crippen LogP contribution in [-0.2, 0) is 9.59 Å². The van der Waals surface area contributed by atoms with Gasteiger partial charge in [0.1, 0.15) is 5.25 Å². The van der Waals surface area contributed by atoms with Crippen molar-refractivity contribution < 1.29 is 9.59 Å². The molecule has 0 aliphatic carbocycles. The van der Waals surface area contributed by atoms with Crippen molar-refractivity contribution in [3.63, 3.8) is 0 Å². The van der Waals surface area contributed by atoms with Crippen molar-refractivity contribution in [1.82, 2.24) is 4.90 Å². The van der Waals surface area contributed by atoms with E-state index in [0.717, 1.165) is 5.69 Å². The van der Waals surface area contributed by atoms with E-state index in [2.05, 4.69) is 24.2 Å². The van der Waals surface area contributed by atoms with Crippen LogP contribution in [0.2, 0.25) is 0 Å². The minimum absolute atomic E-state index is 0.0732. The van der Waals surface area contributed by atoms with Crippen molar-refractivity contribution in [1.29, 1.82) is 0 Å². The van der Waals surface area contributed by atoms with Gasteiger partial charge in [-0.15, -0.1) is 0 Å². The van der Waals surface area contributed by atoms with Crippen LogP contribution in [0, 0.1) is 0 Å². The number of hydrogen-bond donors (Lipinski definition) is 1. The quantitative estimate of drug-likeness (QED) is 0.928. The number of benzene rings is 1. The Bertz CT molecular complexity index is 596. The van der Waals surface area contributed by atoms with Gasteiger partial charge in [0.05, 0.1) is 0 Å². The lowest BCUT2D eigenvalue weighted by atomic mass is 10.0. The van der Waals surface area contributed by atoms with Gasteiger partial charge in [0, 0.05) is 26.2 Å². The molecule has 2 rings (SSSR count). The topological polar surface area (TPSA) is 61.8 Å². The molecule has 6 heteroatoms. The summed E-state index contributed by atoms with van der Waals surface area (Å²) >= 11 is 1.34. The first-order valence-corrected chi connectivity index (χ1v) is 8.11. The highest BCUT2D eigenvalue weighted by molar-refractivity contribution is 8.15. The molecule has 1 N–H and O–H groups in total. The molecular formula is C16H21N3O2S. The van der Waals surface area contributed by atoms with Gasteiger partial charge < -0.3 is 5.32 Å². The summed E-state index contributed by atoms with van der Waals surface area (Å²) in [5, 5.41) is 3.11. The highest BCUT2D eigenvalue weighted by Crippen LogP contribution is 2.28. The summed E-state index contributed by atoms with van der Waals surface area (Å²) in [6.45, 7) is 4.25. The summed E-state index contributed by atoms with van der Waals surface area (Å²) in [4.78, 5) is 29.7. The molecular weight excluding hydrogens is 298 g/mol. The second-order valence-corrected chi connectivity index (χ2v) is 6.71. The molecule has 1 aliphatic heterocycles. The van der Waals surface area contributed by atoms with Crippen LogP contribution < -0.4 is 5.32 Å². The van der Waals surface area contributed by atoms with Crippen molar-refractivity contribution in [2.45, 2.75) is 31.4 Å². The highest BCUT2D eigenvalue weighted by Gasteiger charge is 2.36. The zero-order valence-electron chi connectivity index (χ0n) is 13.3. The first-order valence-electron chi connectivity index (χ1n) is 7.23.